The quantitative estimate of drug-likeness (QED) is 0.157. The summed E-state index contributed by atoms with van der Waals surface area (Å²) in [6.07, 6.45) is 0. The average molecular weight is 557 g/mol. The highest BCUT2D eigenvalue weighted by atomic mass is 32.2. The maximum absolute atomic E-state index is 6.40. The Labute approximate surface area is 241 Å². The Morgan fingerprint density at radius 2 is 1.48 bits per heavy atom. The van der Waals surface area contributed by atoms with Gasteiger partial charge in [0.15, 0.2) is 10.8 Å². The lowest BCUT2D eigenvalue weighted by Gasteiger charge is -2.35. The lowest BCUT2D eigenvalue weighted by Crippen LogP contribution is -2.44. The van der Waals surface area contributed by atoms with E-state index in [4.69, 9.17) is 24.2 Å². The molecular formula is C32H36N4O3S. The number of benzene rings is 3. The van der Waals surface area contributed by atoms with Gasteiger partial charge >= 0.3 is 0 Å². The number of aromatic nitrogens is 2. The topological polar surface area (TPSA) is 60.0 Å². The molecule has 208 valence electrons. The lowest BCUT2D eigenvalue weighted by atomic mass is 9.93. The van der Waals surface area contributed by atoms with Gasteiger partial charge < -0.3 is 24.0 Å². The number of methoxy groups -OCH3 is 1. The Morgan fingerprint density at radius 3 is 2.20 bits per heavy atom. The summed E-state index contributed by atoms with van der Waals surface area (Å²) in [5, 5.41) is 0.570. The molecule has 1 aliphatic heterocycles. The third kappa shape index (κ3) is 7.13. The highest BCUT2D eigenvalue weighted by Crippen LogP contribution is 2.41. The van der Waals surface area contributed by atoms with E-state index in [1.165, 1.54) is 22.9 Å². The van der Waals surface area contributed by atoms with Crippen molar-refractivity contribution in [3.63, 3.8) is 0 Å². The standard InChI is InChI=1S/C32H36N4O3S/c1-24(25-11-6-4-7-12-25)26-13-10-16-28(23-26)40-32-33-30(38-22-21-37-3)29(36-19-17-35(2)18-20-36)31(34-32)39-27-14-8-5-9-15-27/h4-16,23-24H,17-22H2,1-3H3. The molecule has 5 rings (SSSR count). The Bertz CT molecular complexity index is 1370. The zero-order chi connectivity index (χ0) is 27.7. The fraction of sp³-hybridized carbons (Fsp3) is 0.312. The van der Waals surface area contributed by atoms with Gasteiger partial charge in [0.05, 0.1) is 6.61 Å². The van der Waals surface area contributed by atoms with E-state index in [9.17, 15) is 0 Å². The summed E-state index contributed by atoms with van der Waals surface area (Å²) in [7, 11) is 3.80. The number of anilines is 1. The molecule has 40 heavy (non-hydrogen) atoms. The van der Waals surface area contributed by atoms with E-state index in [0.717, 1.165) is 36.8 Å². The molecule has 1 saturated heterocycles. The molecule has 0 radical (unpaired) electrons. The Balaban J connectivity index is 1.50. The highest BCUT2D eigenvalue weighted by Gasteiger charge is 2.26. The minimum Gasteiger partial charge on any atom is -0.474 e. The van der Waals surface area contributed by atoms with Crippen LogP contribution < -0.4 is 14.4 Å². The number of rotatable bonds is 11. The van der Waals surface area contributed by atoms with E-state index in [1.807, 2.05) is 36.4 Å². The molecule has 1 fully saturated rings. The maximum Gasteiger partial charge on any atom is 0.251 e. The molecule has 0 N–H and O–H groups in total. The van der Waals surface area contributed by atoms with Crippen LogP contribution in [0.4, 0.5) is 5.69 Å². The average Bonchev–Trinajstić information content (AvgIpc) is 2.99. The van der Waals surface area contributed by atoms with Crippen molar-refractivity contribution in [3.8, 4) is 17.5 Å². The Hall–Kier alpha value is -3.59. The van der Waals surface area contributed by atoms with Gasteiger partial charge in [0.1, 0.15) is 12.4 Å². The van der Waals surface area contributed by atoms with Crippen LogP contribution in [0.1, 0.15) is 24.0 Å². The van der Waals surface area contributed by atoms with Gasteiger partial charge in [-0.3, -0.25) is 0 Å². The molecule has 7 nitrogen and oxygen atoms in total. The van der Waals surface area contributed by atoms with Crippen LogP contribution in [0.5, 0.6) is 17.5 Å². The molecule has 8 heteroatoms. The van der Waals surface area contributed by atoms with E-state index >= 15 is 0 Å². The van der Waals surface area contributed by atoms with Gasteiger partial charge in [0.25, 0.3) is 5.88 Å². The molecule has 4 aromatic rings. The van der Waals surface area contributed by atoms with Gasteiger partial charge in [-0.05, 0) is 54.2 Å². The third-order valence-electron chi connectivity index (χ3n) is 6.97. The van der Waals surface area contributed by atoms with Gasteiger partial charge in [-0.2, -0.15) is 9.97 Å². The first-order valence-electron chi connectivity index (χ1n) is 13.6. The van der Waals surface area contributed by atoms with E-state index in [2.05, 4.69) is 72.3 Å². The van der Waals surface area contributed by atoms with Gasteiger partial charge in [-0.1, -0.05) is 67.6 Å². The van der Waals surface area contributed by atoms with E-state index < -0.39 is 0 Å². The van der Waals surface area contributed by atoms with Crippen LogP contribution in [0.3, 0.4) is 0 Å². The van der Waals surface area contributed by atoms with Crippen LogP contribution in [-0.4, -0.2) is 68.4 Å². The molecule has 1 atom stereocenters. The van der Waals surface area contributed by atoms with Crippen LogP contribution >= 0.6 is 11.8 Å². The second-order valence-corrected chi connectivity index (χ2v) is 10.9. The Kier molecular flexibility index (Phi) is 9.54. The number of para-hydroxylation sites is 1. The smallest absolute Gasteiger partial charge is 0.251 e. The van der Waals surface area contributed by atoms with Crippen LogP contribution in [0, 0.1) is 0 Å². The first-order chi connectivity index (χ1) is 19.6. The van der Waals surface area contributed by atoms with E-state index in [0.29, 0.717) is 35.9 Å². The van der Waals surface area contributed by atoms with Gasteiger partial charge in [0.2, 0.25) is 5.88 Å². The number of piperazine rings is 1. The second-order valence-electron chi connectivity index (χ2n) is 9.82. The normalized spacial score (nSPS) is 14.6. The summed E-state index contributed by atoms with van der Waals surface area (Å²) in [6.45, 7) is 6.61. The number of hydrogen-bond acceptors (Lipinski definition) is 8. The molecule has 2 heterocycles. The zero-order valence-electron chi connectivity index (χ0n) is 23.3. The first kappa shape index (κ1) is 28.0. The number of ether oxygens (including phenoxy) is 3. The molecule has 0 spiro atoms. The van der Waals surface area contributed by atoms with Crippen LogP contribution in [0.2, 0.25) is 0 Å². The van der Waals surface area contributed by atoms with Crippen molar-refractivity contribution in [2.75, 3.05) is 58.5 Å². The van der Waals surface area contributed by atoms with Crippen molar-refractivity contribution in [3.05, 3.63) is 96.1 Å². The summed E-state index contributed by atoms with van der Waals surface area (Å²) in [6, 6.07) is 28.9. The van der Waals surface area contributed by atoms with Crippen molar-refractivity contribution in [1.29, 1.82) is 0 Å². The third-order valence-corrected chi connectivity index (χ3v) is 7.82. The van der Waals surface area contributed by atoms with Crippen LogP contribution in [0.25, 0.3) is 0 Å². The number of hydrogen-bond donors (Lipinski definition) is 0. The van der Waals surface area contributed by atoms with E-state index in [1.54, 1.807) is 7.11 Å². The maximum atomic E-state index is 6.40. The molecule has 0 saturated carbocycles. The van der Waals surface area contributed by atoms with Crippen molar-refractivity contribution in [2.45, 2.75) is 22.9 Å². The molecule has 1 aromatic heterocycles. The number of nitrogens with zero attached hydrogens (tertiary/aromatic N) is 4. The summed E-state index contributed by atoms with van der Waals surface area (Å²) >= 11 is 1.51. The van der Waals surface area contributed by atoms with Crippen molar-refractivity contribution in [2.24, 2.45) is 0 Å². The number of likely N-dealkylation sites (N-methyl/N-ethyl adjacent to an activating group) is 1. The van der Waals surface area contributed by atoms with Crippen LogP contribution in [0.15, 0.2) is 95.0 Å². The van der Waals surface area contributed by atoms with Gasteiger partial charge in [-0.15, -0.1) is 0 Å². The molecule has 1 aliphatic rings. The van der Waals surface area contributed by atoms with Crippen molar-refractivity contribution in [1.82, 2.24) is 14.9 Å². The van der Waals surface area contributed by atoms with Crippen molar-refractivity contribution < 1.29 is 14.2 Å². The van der Waals surface area contributed by atoms with E-state index in [-0.39, 0.29) is 5.92 Å². The summed E-state index contributed by atoms with van der Waals surface area (Å²) < 4.78 is 17.9. The van der Waals surface area contributed by atoms with Gasteiger partial charge in [-0.25, -0.2) is 0 Å². The SMILES string of the molecule is COCCOc1nc(Sc2cccc(C(C)c3ccccc3)c2)nc(Oc2ccccc2)c1N1CCN(C)CC1. The summed E-state index contributed by atoms with van der Waals surface area (Å²) in [5.74, 6) is 1.99. The molecular weight excluding hydrogens is 520 g/mol. The predicted octanol–water partition coefficient (Wildman–Crippen LogP) is 6.35. The fourth-order valence-corrected chi connectivity index (χ4v) is 5.43. The minimum absolute atomic E-state index is 0.271. The molecule has 1 unspecified atom stereocenters. The largest absolute Gasteiger partial charge is 0.474 e. The molecule has 0 aliphatic carbocycles. The van der Waals surface area contributed by atoms with Crippen molar-refractivity contribution >= 4 is 17.4 Å². The predicted molar refractivity (Wildman–Crippen MR) is 160 cm³/mol. The first-order valence-corrected chi connectivity index (χ1v) is 14.5. The summed E-state index contributed by atoms with van der Waals surface area (Å²) in [4.78, 5) is 15.5. The Morgan fingerprint density at radius 1 is 0.800 bits per heavy atom. The minimum atomic E-state index is 0.271. The van der Waals surface area contributed by atoms with Crippen LogP contribution in [-0.2, 0) is 4.74 Å². The monoisotopic (exact) mass is 556 g/mol. The van der Waals surface area contributed by atoms with Gasteiger partial charge in [0, 0.05) is 44.1 Å². The molecule has 3 aromatic carbocycles. The molecule has 0 bridgehead atoms. The highest BCUT2D eigenvalue weighted by molar-refractivity contribution is 7.99. The fourth-order valence-electron chi connectivity index (χ4n) is 4.62. The zero-order valence-corrected chi connectivity index (χ0v) is 24.1. The second kappa shape index (κ2) is 13.7. The lowest BCUT2D eigenvalue weighted by molar-refractivity contribution is 0.143. The summed E-state index contributed by atoms with van der Waals surface area (Å²) in [5.41, 5.74) is 3.30. The molecule has 0 amide bonds.